The highest BCUT2D eigenvalue weighted by Gasteiger charge is 2.35. The van der Waals surface area contributed by atoms with E-state index in [1.54, 1.807) is 0 Å². The minimum absolute atomic E-state index is 0.116. The van der Waals surface area contributed by atoms with Crippen molar-refractivity contribution in [1.29, 1.82) is 0 Å². The lowest BCUT2D eigenvalue weighted by atomic mass is 9.88. The molecule has 1 saturated carbocycles. The number of pyridine rings is 1. The van der Waals surface area contributed by atoms with Gasteiger partial charge in [0.15, 0.2) is 0 Å². The number of aromatic nitrogens is 1. The molecule has 1 N–H and O–H groups in total. The van der Waals surface area contributed by atoms with Gasteiger partial charge in [-0.25, -0.2) is 0 Å². The van der Waals surface area contributed by atoms with Gasteiger partial charge < -0.3 is 9.84 Å². The van der Waals surface area contributed by atoms with E-state index in [0.717, 1.165) is 31.6 Å². The predicted octanol–water partition coefficient (Wildman–Crippen LogP) is 2.87. The summed E-state index contributed by atoms with van der Waals surface area (Å²) in [7, 11) is 2.07. The van der Waals surface area contributed by atoms with Gasteiger partial charge in [0.05, 0.1) is 0 Å². The van der Waals surface area contributed by atoms with E-state index in [1.165, 1.54) is 5.56 Å². The van der Waals surface area contributed by atoms with Crippen molar-refractivity contribution < 1.29 is 9.84 Å². The van der Waals surface area contributed by atoms with Crippen molar-refractivity contribution in [1.82, 2.24) is 9.88 Å². The Morgan fingerprint density at radius 1 is 1.13 bits per heavy atom. The second-order valence-electron chi connectivity index (χ2n) is 6.23. The number of hydrogen-bond donors (Lipinski definition) is 1. The zero-order chi connectivity index (χ0) is 16.1. The van der Waals surface area contributed by atoms with Crippen molar-refractivity contribution in [3.63, 3.8) is 0 Å². The largest absolute Gasteiger partial charge is 0.488 e. The second-order valence-corrected chi connectivity index (χ2v) is 6.23. The van der Waals surface area contributed by atoms with E-state index in [-0.39, 0.29) is 12.1 Å². The Hall–Kier alpha value is -1.91. The summed E-state index contributed by atoms with van der Waals surface area (Å²) in [6.45, 7) is 0.808. The Morgan fingerprint density at radius 3 is 2.61 bits per heavy atom. The van der Waals surface area contributed by atoms with Crippen LogP contribution in [-0.2, 0) is 6.54 Å². The monoisotopic (exact) mass is 312 g/mol. The first-order valence-electron chi connectivity index (χ1n) is 8.23. The molecule has 122 valence electrons. The lowest BCUT2D eigenvalue weighted by Crippen LogP contribution is -2.51. The Balaban J connectivity index is 1.63. The summed E-state index contributed by atoms with van der Waals surface area (Å²) in [6, 6.07) is 13.9. The molecule has 1 aromatic heterocycles. The van der Waals surface area contributed by atoms with Crippen molar-refractivity contribution in [3.05, 3.63) is 60.4 Å². The van der Waals surface area contributed by atoms with Crippen LogP contribution < -0.4 is 4.74 Å². The van der Waals surface area contributed by atoms with Gasteiger partial charge in [-0.1, -0.05) is 18.2 Å². The molecule has 0 aliphatic heterocycles. The third kappa shape index (κ3) is 4.09. The molecule has 23 heavy (non-hydrogen) atoms. The average molecular weight is 312 g/mol. The maximum atomic E-state index is 10.8. The first kappa shape index (κ1) is 16.0. The first-order valence-corrected chi connectivity index (χ1v) is 8.23. The standard InChI is InChI=1S/C19H24N2O2/c1-21(14-15-10-12-20-13-11-15)17-8-5-9-18(19(17)22)23-16-6-3-2-4-7-16/h2-4,6-7,10-13,17-19,22H,5,8-9,14H2,1H3/t17-,18+,19+/m1/s1. The molecule has 1 aliphatic rings. The van der Waals surface area contributed by atoms with E-state index < -0.39 is 6.10 Å². The van der Waals surface area contributed by atoms with Gasteiger partial charge in [0.2, 0.25) is 0 Å². The number of rotatable bonds is 5. The van der Waals surface area contributed by atoms with Crippen LogP contribution in [-0.4, -0.2) is 40.3 Å². The molecule has 1 heterocycles. The van der Waals surface area contributed by atoms with Gasteiger partial charge in [-0.15, -0.1) is 0 Å². The summed E-state index contributed by atoms with van der Waals surface area (Å²) in [5, 5.41) is 10.8. The molecular formula is C19H24N2O2. The van der Waals surface area contributed by atoms with Gasteiger partial charge in [-0.05, 0) is 56.1 Å². The molecule has 2 aromatic rings. The van der Waals surface area contributed by atoms with Crippen molar-refractivity contribution in [2.75, 3.05) is 7.05 Å². The zero-order valence-electron chi connectivity index (χ0n) is 13.5. The number of likely N-dealkylation sites (N-methyl/N-ethyl adjacent to an activating group) is 1. The van der Waals surface area contributed by atoms with Gasteiger partial charge in [0.1, 0.15) is 18.0 Å². The van der Waals surface area contributed by atoms with Gasteiger partial charge in [-0.3, -0.25) is 9.88 Å². The van der Waals surface area contributed by atoms with Crippen LogP contribution >= 0.6 is 0 Å². The normalized spacial score (nSPS) is 24.6. The third-order valence-corrected chi connectivity index (χ3v) is 4.54. The summed E-state index contributed by atoms with van der Waals surface area (Å²) in [6.07, 6.45) is 5.96. The molecular weight excluding hydrogens is 288 g/mol. The lowest BCUT2D eigenvalue weighted by Gasteiger charge is -2.39. The molecule has 4 heteroatoms. The van der Waals surface area contributed by atoms with Crippen molar-refractivity contribution >= 4 is 0 Å². The molecule has 0 radical (unpaired) electrons. The van der Waals surface area contributed by atoms with E-state index in [0.29, 0.717) is 0 Å². The number of ether oxygens (including phenoxy) is 1. The molecule has 0 saturated heterocycles. The van der Waals surface area contributed by atoms with Crippen LogP contribution in [0.1, 0.15) is 24.8 Å². The van der Waals surface area contributed by atoms with Crippen molar-refractivity contribution in [2.45, 2.75) is 44.1 Å². The van der Waals surface area contributed by atoms with Gasteiger partial charge >= 0.3 is 0 Å². The molecule has 0 amide bonds. The maximum absolute atomic E-state index is 10.8. The summed E-state index contributed by atoms with van der Waals surface area (Å²) in [4.78, 5) is 6.27. The summed E-state index contributed by atoms with van der Waals surface area (Å²) >= 11 is 0. The number of benzene rings is 1. The topological polar surface area (TPSA) is 45.6 Å². The predicted molar refractivity (Wildman–Crippen MR) is 90.2 cm³/mol. The first-order chi connectivity index (χ1) is 11.2. The van der Waals surface area contributed by atoms with Crippen molar-refractivity contribution in [2.24, 2.45) is 0 Å². The fourth-order valence-corrected chi connectivity index (χ4v) is 3.29. The highest BCUT2D eigenvalue weighted by molar-refractivity contribution is 5.21. The van der Waals surface area contributed by atoms with Crippen LogP contribution in [0.5, 0.6) is 5.75 Å². The fraction of sp³-hybridized carbons (Fsp3) is 0.421. The lowest BCUT2D eigenvalue weighted by molar-refractivity contribution is -0.0491. The summed E-state index contributed by atoms with van der Waals surface area (Å²) in [5.74, 6) is 0.828. The summed E-state index contributed by atoms with van der Waals surface area (Å²) < 4.78 is 6.01. The van der Waals surface area contributed by atoms with Crippen LogP contribution in [0.4, 0.5) is 0 Å². The number of hydrogen-bond acceptors (Lipinski definition) is 4. The molecule has 4 nitrogen and oxygen atoms in total. The zero-order valence-corrected chi connectivity index (χ0v) is 13.5. The number of aliphatic hydroxyl groups excluding tert-OH is 1. The van der Waals surface area contributed by atoms with Crippen molar-refractivity contribution in [3.8, 4) is 5.75 Å². The van der Waals surface area contributed by atoms with Gasteiger partial charge in [0.25, 0.3) is 0 Å². The maximum Gasteiger partial charge on any atom is 0.126 e. The molecule has 3 atom stereocenters. The number of aliphatic hydroxyl groups is 1. The smallest absolute Gasteiger partial charge is 0.126 e. The molecule has 1 aromatic carbocycles. The van der Waals surface area contributed by atoms with E-state index in [4.69, 9.17) is 4.74 Å². The average Bonchev–Trinajstić information content (AvgIpc) is 2.58. The number of para-hydroxylation sites is 1. The minimum Gasteiger partial charge on any atom is -0.488 e. The molecule has 0 spiro atoms. The Bertz CT molecular complexity index is 591. The van der Waals surface area contributed by atoms with E-state index in [1.807, 2.05) is 54.9 Å². The third-order valence-electron chi connectivity index (χ3n) is 4.54. The van der Waals surface area contributed by atoms with Gasteiger partial charge in [-0.2, -0.15) is 0 Å². The quantitative estimate of drug-likeness (QED) is 0.922. The fourth-order valence-electron chi connectivity index (χ4n) is 3.29. The second kappa shape index (κ2) is 7.57. The van der Waals surface area contributed by atoms with Crippen LogP contribution in [0, 0.1) is 0 Å². The van der Waals surface area contributed by atoms with Crippen LogP contribution in [0.3, 0.4) is 0 Å². The van der Waals surface area contributed by atoms with E-state index in [2.05, 4.69) is 16.9 Å². The van der Waals surface area contributed by atoms with Crippen LogP contribution in [0.25, 0.3) is 0 Å². The van der Waals surface area contributed by atoms with Gasteiger partial charge in [0, 0.05) is 25.0 Å². The Labute approximate surface area is 137 Å². The Morgan fingerprint density at radius 2 is 1.87 bits per heavy atom. The van der Waals surface area contributed by atoms with E-state index >= 15 is 0 Å². The molecule has 3 rings (SSSR count). The Kier molecular flexibility index (Phi) is 5.26. The molecule has 0 unspecified atom stereocenters. The summed E-state index contributed by atoms with van der Waals surface area (Å²) in [5.41, 5.74) is 1.21. The number of nitrogens with zero attached hydrogens (tertiary/aromatic N) is 2. The molecule has 0 bridgehead atoms. The molecule has 1 aliphatic carbocycles. The highest BCUT2D eigenvalue weighted by atomic mass is 16.5. The van der Waals surface area contributed by atoms with E-state index in [9.17, 15) is 5.11 Å². The molecule has 1 fully saturated rings. The SMILES string of the molecule is CN(Cc1ccncc1)[C@@H]1CCC[C@H](Oc2ccccc2)[C@H]1O. The van der Waals surface area contributed by atoms with Crippen LogP contribution in [0.2, 0.25) is 0 Å². The van der Waals surface area contributed by atoms with Crippen LogP contribution in [0.15, 0.2) is 54.9 Å². The highest BCUT2D eigenvalue weighted by Crippen LogP contribution is 2.27. The minimum atomic E-state index is -0.476.